The molecule has 2 N–H and O–H groups in total. The fourth-order valence-electron chi connectivity index (χ4n) is 3.35. The van der Waals surface area contributed by atoms with E-state index in [0.29, 0.717) is 12.4 Å². The molecule has 1 aliphatic heterocycles. The molecule has 22 heavy (non-hydrogen) atoms. The number of carbonyl (C=O) groups excluding carboxylic acids is 1. The maximum Gasteiger partial charge on any atom is 0.227 e. The molecule has 2 fully saturated rings. The van der Waals surface area contributed by atoms with Crippen molar-refractivity contribution in [1.82, 2.24) is 19.9 Å². The molecule has 0 spiro atoms. The van der Waals surface area contributed by atoms with Gasteiger partial charge in [0, 0.05) is 38.6 Å². The highest BCUT2D eigenvalue weighted by molar-refractivity contribution is 5.80. The van der Waals surface area contributed by atoms with Gasteiger partial charge in [-0.1, -0.05) is 18.5 Å². The number of hydrogen-bond donors (Lipinski definition) is 1. The van der Waals surface area contributed by atoms with Gasteiger partial charge in [0.25, 0.3) is 0 Å². The number of aromatic nitrogens is 2. The van der Waals surface area contributed by atoms with Crippen molar-refractivity contribution in [2.45, 2.75) is 45.2 Å². The average Bonchev–Trinajstić information content (AvgIpc) is 3.16. The molecule has 3 rings (SSSR count). The number of rotatable bonds is 4. The predicted molar refractivity (Wildman–Crippen MR) is 80.8 cm³/mol. The summed E-state index contributed by atoms with van der Waals surface area (Å²) in [7, 11) is 0. The van der Waals surface area contributed by atoms with Crippen LogP contribution in [0.25, 0.3) is 0 Å². The van der Waals surface area contributed by atoms with Crippen molar-refractivity contribution >= 4 is 5.91 Å². The molecule has 1 saturated heterocycles. The molecule has 1 saturated carbocycles. The molecule has 2 atom stereocenters. The van der Waals surface area contributed by atoms with Gasteiger partial charge in [-0.25, -0.2) is 0 Å². The van der Waals surface area contributed by atoms with Crippen LogP contribution in [-0.4, -0.2) is 58.1 Å². The van der Waals surface area contributed by atoms with E-state index >= 15 is 0 Å². The minimum absolute atomic E-state index is 0.0378. The van der Waals surface area contributed by atoms with E-state index < -0.39 is 0 Å². The van der Waals surface area contributed by atoms with Crippen molar-refractivity contribution in [1.29, 1.82) is 0 Å². The van der Waals surface area contributed by atoms with Gasteiger partial charge in [-0.2, -0.15) is 4.98 Å². The molecule has 1 aliphatic carbocycles. The van der Waals surface area contributed by atoms with E-state index in [-0.39, 0.29) is 17.9 Å². The Bertz CT molecular complexity index is 510. The van der Waals surface area contributed by atoms with Crippen LogP contribution in [-0.2, 0) is 17.8 Å². The van der Waals surface area contributed by atoms with Gasteiger partial charge in [0.1, 0.15) is 0 Å². The number of nitrogens with zero attached hydrogens (tertiary/aromatic N) is 4. The third-order valence-corrected chi connectivity index (χ3v) is 4.75. The smallest absolute Gasteiger partial charge is 0.227 e. The zero-order valence-corrected chi connectivity index (χ0v) is 13.2. The molecule has 2 heterocycles. The van der Waals surface area contributed by atoms with E-state index in [0.717, 1.165) is 57.7 Å². The lowest BCUT2D eigenvalue weighted by Crippen LogP contribution is -2.51. The van der Waals surface area contributed by atoms with Crippen LogP contribution in [0.1, 0.15) is 37.9 Å². The van der Waals surface area contributed by atoms with Crippen LogP contribution in [0.2, 0.25) is 0 Å². The Balaban J connectivity index is 1.48. The van der Waals surface area contributed by atoms with E-state index in [1.54, 1.807) is 0 Å². The van der Waals surface area contributed by atoms with Gasteiger partial charge in [-0.05, 0) is 12.8 Å². The zero-order chi connectivity index (χ0) is 15.5. The van der Waals surface area contributed by atoms with Crippen molar-refractivity contribution < 1.29 is 9.32 Å². The lowest BCUT2D eigenvalue weighted by Gasteiger charge is -2.36. The van der Waals surface area contributed by atoms with E-state index in [1.807, 2.05) is 11.8 Å². The zero-order valence-electron chi connectivity index (χ0n) is 13.2. The van der Waals surface area contributed by atoms with E-state index in [9.17, 15) is 4.79 Å². The highest BCUT2D eigenvalue weighted by Crippen LogP contribution is 2.26. The lowest BCUT2D eigenvalue weighted by molar-refractivity contribution is -0.137. The second kappa shape index (κ2) is 6.75. The summed E-state index contributed by atoms with van der Waals surface area (Å²) >= 11 is 0. The fraction of sp³-hybridized carbons (Fsp3) is 0.800. The third kappa shape index (κ3) is 3.30. The normalized spacial score (nSPS) is 26.5. The minimum Gasteiger partial charge on any atom is -0.340 e. The summed E-state index contributed by atoms with van der Waals surface area (Å²) in [4.78, 5) is 21.1. The fourth-order valence-corrected chi connectivity index (χ4v) is 3.35. The minimum atomic E-state index is 0.0378. The summed E-state index contributed by atoms with van der Waals surface area (Å²) in [5.41, 5.74) is 6.05. The van der Waals surface area contributed by atoms with Crippen LogP contribution in [0.3, 0.4) is 0 Å². The van der Waals surface area contributed by atoms with E-state index in [4.69, 9.17) is 10.3 Å². The molecule has 7 heteroatoms. The Kier molecular flexibility index (Phi) is 4.73. The number of nitrogens with two attached hydrogens (primary N) is 1. The summed E-state index contributed by atoms with van der Waals surface area (Å²) in [6, 6.07) is 0.0531. The summed E-state index contributed by atoms with van der Waals surface area (Å²) in [5, 5.41) is 3.98. The van der Waals surface area contributed by atoms with Crippen LogP contribution in [0.15, 0.2) is 4.52 Å². The molecule has 0 bridgehead atoms. The number of hydrogen-bond acceptors (Lipinski definition) is 6. The standard InChI is InChI=1S/C15H25N5O2/c1-2-14-17-13(18-22-14)10-19-6-8-20(9-7-19)15(21)11-4-3-5-12(11)16/h11-12H,2-10,16H2,1H3/t11-,12-/m0/s1. The Hall–Kier alpha value is -1.47. The van der Waals surface area contributed by atoms with Crippen molar-refractivity contribution in [2.24, 2.45) is 11.7 Å². The van der Waals surface area contributed by atoms with Crippen LogP contribution >= 0.6 is 0 Å². The first-order valence-electron chi connectivity index (χ1n) is 8.25. The maximum absolute atomic E-state index is 12.5. The number of aryl methyl sites for hydroxylation is 1. The van der Waals surface area contributed by atoms with Crippen molar-refractivity contribution in [3.63, 3.8) is 0 Å². The number of carbonyl (C=O) groups is 1. The first kappa shape index (κ1) is 15.4. The molecule has 0 unspecified atom stereocenters. The Morgan fingerprint density at radius 1 is 1.32 bits per heavy atom. The second-order valence-corrected chi connectivity index (χ2v) is 6.26. The molecule has 7 nitrogen and oxygen atoms in total. The molecule has 2 aliphatic rings. The first-order valence-corrected chi connectivity index (χ1v) is 8.25. The summed E-state index contributed by atoms with van der Waals surface area (Å²) in [5.74, 6) is 1.70. The third-order valence-electron chi connectivity index (χ3n) is 4.75. The van der Waals surface area contributed by atoms with Crippen molar-refractivity contribution in [2.75, 3.05) is 26.2 Å². The SMILES string of the molecule is CCc1nc(CN2CCN(C(=O)[C@H]3CCC[C@@H]3N)CC2)no1. The van der Waals surface area contributed by atoms with Crippen molar-refractivity contribution in [3.05, 3.63) is 11.7 Å². The van der Waals surface area contributed by atoms with Gasteiger partial charge in [0.05, 0.1) is 12.5 Å². The van der Waals surface area contributed by atoms with Gasteiger partial charge in [-0.3, -0.25) is 9.69 Å². The maximum atomic E-state index is 12.5. The largest absolute Gasteiger partial charge is 0.340 e. The van der Waals surface area contributed by atoms with Gasteiger partial charge in [0.2, 0.25) is 11.8 Å². The summed E-state index contributed by atoms with van der Waals surface area (Å²) in [6.45, 7) is 5.92. The number of amides is 1. The molecular weight excluding hydrogens is 282 g/mol. The van der Waals surface area contributed by atoms with Gasteiger partial charge in [0.15, 0.2) is 5.82 Å². The van der Waals surface area contributed by atoms with Crippen LogP contribution in [0, 0.1) is 5.92 Å². The second-order valence-electron chi connectivity index (χ2n) is 6.26. The molecule has 0 radical (unpaired) electrons. The number of piperazine rings is 1. The topological polar surface area (TPSA) is 88.5 Å². The van der Waals surface area contributed by atoms with Gasteiger partial charge in [-0.15, -0.1) is 0 Å². The van der Waals surface area contributed by atoms with E-state index in [1.165, 1.54) is 0 Å². The summed E-state index contributed by atoms with van der Waals surface area (Å²) < 4.78 is 5.13. The van der Waals surface area contributed by atoms with Crippen molar-refractivity contribution in [3.8, 4) is 0 Å². The highest BCUT2D eigenvalue weighted by atomic mass is 16.5. The van der Waals surface area contributed by atoms with Crippen LogP contribution < -0.4 is 5.73 Å². The molecular formula is C15H25N5O2. The van der Waals surface area contributed by atoms with Crippen LogP contribution in [0.4, 0.5) is 0 Å². The predicted octanol–water partition coefficient (Wildman–Crippen LogP) is 0.404. The summed E-state index contributed by atoms with van der Waals surface area (Å²) in [6.07, 6.45) is 3.77. The molecule has 1 aromatic rings. The van der Waals surface area contributed by atoms with Gasteiger partial charge >= 0.3 is 0 Å². The van der Waals surface area contributed by atoms with Crippen LogP contribution in [0.5, 0.6) is 0 Å². The lowest BCUT2D eigenvalue weighted by atomic mass is 10.0. The molecule has 1 aromatic heterocycles. The first-order chi connectivity index (χ1) is 10.7. The molecule has 1 amide bonds. The van der Waals surface area contributed by atoms with E-state index in [2.05, 4.69) is 15.0 Å². The average molecular weight is 307 g/mol. The Morgan fingerprint density at radius 2 is 2.09 bits per heavy atom. The molecule has 122 valence electrons. The quantitative estimate of drug-likeness (QED) is 0.866. The monoisotopic (exact) mass is 307 g/mol. The Labute approximate surface area is 130 Å². The molecule has 0 aromatic carbocycles. The highest BCUT2D eigenvalue weighted by Gasteiger charge is 2.34. The Morgan fingerprint density at radius 3 is 2.68 bits per heavy atom. The van der Waals surface area contributed by atoms with Gasteiger partial charge < -0.3 is 15.2 Å².